The van der Waals surface area contributed by atoms with Crippen molar-refractivity contribution in [1.82, 2.24) is 10.6 Å². The summed E-state index contributed by atoms with van der Waals surface area (Å²) in [4.78, 5) is 0. The van der Waals surface area contributed by atoms with Crippen molar-refractivity contribution in [2.24, 2.45) is 10.8 Å². The highest BCUT2D eigenvalue weighted by Gasteiger charge is 2.42. The minimum Gasteiger partial charge on any atom is -0.385 e. The molecule has 2 aliphatic rings. The first-order valence-electron chi connectivity index (χ1n) is 7.15. The lowest BCUT2D eigenvalue weighted by molar-refractivity contribution is 0.169. The number of methoxy groups -OCH3 is 1. The first-order valence-corrected chi connectivity index (χ1v) is 7.15. The fraction of sp³-hybridized carbons (Fsp3) is 1.00. The Bertz CT molecular complexity index is 232. The summed E-state index contributed by atoms with van der Waals surface area (Å²) in [5, 5.41) is 7.24. The topological polar surface area (TPSA) is 33.3 Å². The Morgan fingerprint density at radius 2 is 1.94 bits per heavy atom. The largest absolute Gasteiger partial charge is 0.385 e. The second kappa shape index (κ2) is 5.68. The molecule has 1 saturated heterocycles. The lowest BCUT2D eigenvalue weighted by Gasteiger charge is -2.28. The highest BCUT2D eigenvalue weighted by Crippen LogP contribution is 2.48. The standard InChI is InChI=1S/C14H28N2O/c1-3-13(6-8-15-10-13)11-16-12-14(4-5-14)7-9-17-2/h15-16H,3-12H2,1-2H3. The molecular formula is C14H28N2O. The van der Waals surface area contributed by atoms with Crippen LogP contribution in [0.25, 0.3) is 0 Å². The van der Waals surface area contributed by atoms with Crippen LogP contribution in [0, 0.1) is 10.8 Å². The molecule has 0 aromatic rings. The quantitative estimate of drug-likeness (QED) is 0.678. The summed E-state index contributed by atoms with van der Waals surface area (Å²) in [6.07, 6.45) is 6.63. The molecule has 0 spiro atoms. The van der Waals surface area contributed by atoms with Crippen LogP contribution < -0.4 is 10.6 Å². The molecule has 2 fully saturated rings. The van der Waals surface area contributed by atoms with Crippen molar-refractivity contribution in [3.63, 3.8) is 0 Å². The molecule has 0 aromatic heterocycles. The van der Waals surface area contributed by atoms with Gasteiger partial charge in [0.15, 0.2) is 0 Å². The molecule has 17 heavy (non-hydrogen) atoms. The first kappa shape index (κ1) is 13.3. The first-order chi connectivity index (χ1) is 8.24. The Kier molecular flexibility index (Phi) is 4.45. The second-order valence-corrected chi connectivity index (χ2v) is 6.13. The molecule has 0 amide bonds. The summed E-state index contributed by atoms with van der Waals surface area (Å²) < 4.78 is 5.20. The Morgan fingerprint density at radius 3 is 2.47 bits per heavy atom. The van der Waals surface area contributed by atoms with Gasteiger partial charge in [-0.3, -0.25) is 0 Å². The third kappa shape index (κ3) is 3.43. The third-order valence-electron chi connectivity index (χ3n) is 4.88. The fourth-order valence-corrected chi connectivity index (χ4v) is 2.98. The average Bonchev–Trinajstić information content (AvgIpc) is 2.96. The van der Waals surface area contributed by atoms with E-state index in [-0.39, 0.29) is 0 Å². The number of rotatable bonds is 8. The van der Waals surface area contributed by atoms with Crippen molar-refractivity contribution in [1.29, 1.82) is 0 Å². The number of hydrogen-bond donors (Lipinski definition) is 2. The summed E-state index contributed by atoms with van der Waals surface area (Å²) in [5.74, 6) is 0. The summed E-state index contributed by atoms with van der Waals surface area (Å²) in [6, 6.07) is 0. The van der Waals surface area contributed by atoms with E-state index in [0.717, 1.165) is 6.61 Å². The minimum absolute atomic E-state index is 0.525. The molecule has 0 radical (unpaired) electrons. The van der Waals surface area contributed by atoms with Gasteiger partial charge in [0.05, 0.1) is 0 Å². The molecular weight excluding hydrogens is 212 g/mol. The zero-order valence-corrected chi connectivity index (χ0v) is 11.5. The van der Waals surface area contributed by atoms with Crippen LogP contribution in [0.3, 0.4) is 0 Å². The van der Waals surface area contributed by atoms with E-state index in [1.165, 1.54) is 58.3 Å². The van der Waals surface area contributed by atoms with Gasteiger partial charge in [0.1, 0.15) is 0 Å². The molecule has 3 nitrogen and oxygen atoms in total. The zero-order valence-electron chi connectivity index (χ0n) is 11.5. The zero-order chi connectivity index (χ0) is 12.2. The maximum atomic E-state index is 5.20. The molecule has 1 aliphatic carbocycles. The van der Waals surface area contributed by atoms with Crippen molar-refractivity contribution in [3.8, 4) is 0 Å². The van der Waals surface area contributed by atoms with Crippen molar-refractivity contribution in [3.05, 3.63) is 0 Å². The summed E-state index contributed by atoms with van der Waals surface area (Å²) in [7, 11) is 1.81. The fourth-order valence-electron chi connectivity index (χ4n) is 2.98. The number of nitrogens with one attached hydrogen (secondary N) is 2. The Balaban J connectivity index is 1.68. The molecule has 1 unspecified atom stereocenters. The van der Waals surface area contributed by atoms with Crippen LogP contribution in [0.5, 0.6) is 0 Å². The van der Waals surface area contributed by atoms with Crippen molar-refractivity contribution < 1.29 is 4.74 Å². The van der Waals surface area contributed by atoms with Gasteiger partial charge in [-0.15, -0.1) is 0 Å². The van der Waals surface area contributed by atoms with Crippen molar-refractivity contribution in [2.45, 2.75) is 39.0 Å². The summed E-state index contributed by atoms with van der Waals surface area (Å²) in [6.45, 7) is 8.02. The minimum atomic E-state index is 0.525. The number of ether oxygens (including phenoxy) is 1. The maximum absolute atomic E-state index is 5.20. The van der Waals surface area contributed by atoms with Crippen molar-refractivity contribution in [2.75, 3.05) is 39.9 Å². The van der Waals surface area contributed by atoms with E-state index < -0.39 is 0 Å². The predicted octanol–water partition coefficient (Wildman–Crippen LogP) is 1.78. The van der Waals surface area contributed by atoms with Crippen LogP contribution in [0.15, 0.2) is 0 Å². The maximum Gasteiger partial charge on any atom is 0.0468 e. The van der Waals surface area contributed by atoms with Crippen molar-refractivity contribution >= 4 is 0 Å². The molecule has 1 heterocycles. The second-order valence-electron chi connectivity index (χ2n) is 6.13. The number of hydrogen-bond acceptors (Lipinski definition) is 3. The van der Waals surface area contributed by atoms with E-state index in [1.54, 1.807) is 7.11 Å². The van der Waals surface area contributed by atoms with Gasteiger partial charge in [-0.2, -0.15) is 0 Å². The predicted molar refractivity (Wildman–Crippen MR) is 71.2 cm³/mol. The van der Waals surface area contributed by atoms with Gasteiger partial charge < -0.3 is 15.4 Å². The summed E-state index contributed by atoms with van der Waals surface area (Å²) in [5.41, 5.74) is 1.11. The van der Waals surface area contributed by atoms with Gasteiger partial charge in [-0.25, -0.2) is 0 Å². The van der Waals surface area contributed by atoms with Gasteiger partial charge in [-0.05, 0) is 49.5 Å². The van der Waals surface area contributed by atoms with Gasteiger partial charge in [0.2, 0.25) is 0 Å². The van der Waals surface area contributed by atoms with Gasteiger partial charge in [0.25, 0.3) is 0 Å². The van der Waals surface area contributed by atoms with E-state index in [4.69, 9.17) is 4.74 Å². The van der Waals surface area contributed by atoms with Crippen LogP contribution in [0.2, 0.25) is 0 Å². The smallest absolute Gasteiger partial charge is 0.0468 e. The Hall–Kier alpha value is -0.120. The molecule has 2 N–H and O–H groups in total. The molecule has 3 heteroatoms. The van der Waals surface area contributed by atoms with Gasteiger partial charge in [-0.1, -0.05) is 6.92 Å². The highest BCUT2D eigenvalue weighted by atomic mass is 16.5. The normalized spacial score (nSPS) is 30.7. The van der Waals surface area contributed by atoms with E-state index in [2.05, 4.69) is 17.6 Å². The molecule has 2 rings (SSSR count). The molecule has 1 saturated carbocycles. The lowest BCUT2D eigenvalue weighted by atomic mass is 9.84. The molecule has 100 valence electrons. The van der Waals surface area contributed by atoms with Crippen LogP contribution in [-0.4, -0.2) is 39.9 Å². The van der Waals surface area contributed by atoms with Crippen LogP contribution in [0.1, 0.15) is 39.0 Å². The van der Waals surface area contributed by atoms with Gasteiger partial charge >= 0.3 is 0 Å². The van der Waals surface area contributed by atoms with Gasteiger partial charge in [0, 0.05) is 33.4 Å². The SMILES string of the molecule is CCC1(CNCC2(CCOC)CC2)CCNC1. The highest BCUT2D eigenvalue weighted by molar-refractivity contribution is 4.96. The van der Waals surface area contributed by atoms with Crippen LogP contribution >= 0.6 is 0 Å². The average molecular weight is 240 g/mol. The molecule has 1 atom stereocenters. The molecule has 1 aliphatic heterocycles. The van der Waals surface area contributed by atoms with E-state index in [0.29, 0.717) is 10.8 Å². The molecule has 0 aromatic carbocycles. The van der Waals surface area contributed by atoms with E-state index in [9.17, 15) is 0 Å². The van der Waals surface area contributed by atoms with E-state index in [1.807, 2.05) is 0 Å². The Morgan fingerprint density at radius 1 is 1.18 bits per heavy atom. The van der Waals surface area contributed by atoms with Crippen LogP contribution in [-0.2, 0) is 4.74 Å². The van der Waals surface area contributed by atoms with E-state index >= 15 is 0 Å². The third-order valence-corrected chi connectivity index (χ3v) is 4.88. The van der Waals surface area contributed by atoms with Crippen LogP contribution in [0.4, 0.5) is 0 Å². The molecule has 0 bridgehead atoms. The lowest BCUT2D eigenvalue weighted by Crippen LogP contribution is -2.38. The summed E-state index contributed by atoms with van der Waals surface area (Å²) >= 11 is 0. The monoisotopic (exact) mass is 240 g/mol. The Labute approximate surface area is 106 Å².